The first-order chi connectivity index (χ1) is 6.72. The Bertz CT molecular complexity index is 191. The molecule has 0 saturated carbocycles. The van der Waals surface area contributed by atoms with Crippen LogP contribution in [0.5, 0.6) is 5.75 Å². The Morgan fingerprint density at radius 3 is 1.93 bits per heavy atom. The van der Waals surface area contributed by atoms with Crippen LogP contribution in [0.15, 0.2) is 28.7 Å². The smallest absolute Gasteiger partial charge is 0.129 e. The highest BCUT2D eigenvalue weighted by Crippen LogP contribution is 2.21. The maximum Gasteiger partial charge on any atom is 0.129 e. The minimum absolute atomic E-state index is 0.285. The summed E-state index contributed by atoms with van der Waals surface area (Å²) in [6.07, 6.45) is 0. The van der Waals surface area contributed by atoms with E-state index < -0.39 is 0 Å². The molecule has 0 fully saturated rings. The fraction of sp³-hybridized carbons (Fsp3) is 0.455. The number of hydrogen-bond acceptors (Lipinski definition) is 2. The van der Waals surface area contributed by atoms with Crippen LogP contribution in [0.4, 0.5) is 0 Å². The molecular weight excluding hydrogens is 244 g/mol. The van der Waals surface area contributed by atoms with Crippen LogP contribution in [0.25, 0.3) is 0 Å². The third kappa shape index (κ3) is 9.55. The molecule has 0 aromatic heterocycles. The van der Waals surface area contributed by atoms with Crippen LogP contribution in [0.1, 0.15) is 20.8 Å². The SMILES string of the molecule is CC.CCOC.Oc1ccccc1Br. The van der Waals surface area contributed by atoms with E-state index in [1.165, 1.54) is 0 Å². The fourth-order valence-electron chi connectivity index (χ4n) is 0.452. The monoisotopic (exact) mass is 262 g/mol. The lowest BCUT2D eigenvalue weighted by molar-refractivity contribution is 0.215. The molecule has 82 valence electrons. The number of rotatable bonds is 1. The number of hydrogen-bond donors (Lipinski definition) is 1. The minimum atomic E-state index is 0.285. The van der Waals surface area contributed by atoms with Gasteiger partial charge in [0.1, 0.15) is 5.75 Å². The van der Waals surface area contributed by atoms with Gasteiger partial charge in [-0.2, -0.15) is 0 Å². The third-order valence-electron chi connectivity index (χ3n) is 1.14. The number of aromatic hydroxyl groups is 1. The van der Waals surface area contributed by atoms with Crippen LogP contribution in [-0.2, 0) is 4.74 Å². The molecule has 0 aliphatic rings. The van der Waals surface area contributed by atoms with Gasteiger partial charge in [0, 0.05) is 13.7 Å². The zero-order valence-electron chi connectivity index (χ0n) is 9.25. The maximum atomic E-state index is 8.87. The van der Waals surface area contributed by atoms with Crippen molar-refractivity contribution in [2.45, 2.75) is 20.8 Å². The Morgan fingerprint density at radius 1 is 1.29 bits per heavy atom. The van der Waals surface area contributed by atoms with Crippen molar-refractivity contribution in [3.05, 3.63) is 28.7 Å². The van der Waals surface area contributed by atoms with Gasteiger partial charge in [-0.05, 0) is 35.0 Å². The zero-order valence-corrected chi connectivity index (χ0v) is 10.8. The second kappa shape index (κ2) is 12.5. The van der Waals surface area contributed by atoms with E-state index >= 15 is 0 Å². The van der Waals surface area contributed by atoms with Crippen molar-refractivity contribution in [1.82, 2.24) is 0 Å². The summed E-state index contributed by atoms with van der Waals surface area (Å²) in [5, 5.41) is 8.87. The Kier molecular flexibility index (Phi) is 14.2. The molecule has 0 heterocycles. The predicted molar refractivity (Wildman–Crippen MR) is 64.7 cm³/mol. The molecule has 1 aromatic carbocycles. The number of halogens is 1. The predicted octanol–water partition coefficient (Wildman–Crippen LogP) is 3.83. The molecule has 3 heteroatoms. The van der Waals surface area contributed by atoms with Crippen LogP contribution < -0.4 is 0 Å². The lowest BCUT2D eigenvalue weighted by Gasteiger charge is -1.90. The summed E-state index contributed by atoms with van der Waals surface area (Å²) in [5.41, 5.74) is 0. The summed E-state index contributed by atoms with van der Waals surface area (Å²) in [5.74, 6) is 0.285. The van der Waals surface area contributed by atoms with Gasteiger partial charge in [0.25, 0.3) is 0 Å². The second-order valence-corrected chi connectivity index (χ2v) is 2.88. The molecule has 0 aliphatic carbocycles. The van der Waals surface area contributed by atoms with Gasteiger partial charge in [0.15, 0.2) is 0 Å². The Morgan fingerprint density at radius 2 is 1.71 bits per heavy atom. The van der Waals surface area contributed by atoms with Gasteiger partial charge in [-0.1, -0.05) is 26.0 Å². The number of phenols is 1. The fourth-order valence-corrected chi connectivity index (χ4v) is 0.737. The van der Waals surface area contributed by atoms with Crippen LogP contribution >= 0.6 is 15.9 Å². The Hall–Kier alpha value is -0.540. The van der Waals surface area contributed by atoms with Gasteiger partial charge in [-0.25, -0.2) is 0 Å². The molecular formula is C11H19BrO2. The van der Waals surface area contributed by atoms with E-state index in [2.05, 4.69) is 20.7 Å². The van der Waals surface area contributed by atoms with Crippen molar-refractivity contribution in [2.75, 3.05) is 13.7 Å². The highest BCUT2D eigenvalue weighted by atomic mass is 79.9. The topological polar surface area (TPSA) is 29.5 Å². The van der Waals surface area contributed by atoms with E-state index in [0.29, 0.717) is 0 Å². The molecule has 0 amide bonds. The van der Waals surface area contributed by atoms with Crippen molar-refractivity contribution in [3.8, 4) is 5.75 Å². The number of para-hydroxylation sites is 1. The molecule has 0 atom stereocenters. The van der Waals surface area contributed by atoms with Gasteiger partial charge in [-0.3, -0.25) is 0 Å². The Labute approximate surface area is 95.0 Å². The highest BCUT2D eigenvalue weighted by molar-refractivity contribution is 9.10. The van der Waals surface area contributed by atoms with Crippen LogP contribution in [0.3, 0.4) is 0 Å². The van der Waals surface area contributed by atoms with Crippen molar-refractivity contribution >= 4 is 15.9 Å². The van der Waals surface area contributed by atoms with Crippen LogP contribution in [0.2, 0.25) is 0 Å². The van der Waals surface area contributed by atoms with Crippen LogP contribution in [0, 0.1) is 0 Å². The maximum absolute atomic E-state index is 8.87. The number of phenolic OH excluding ortho intramolecular Hbond substituents is 1. The third-order valence-corrected chi connectivity index (χ3v) is 1.81. The number of ether oxygens (including phenoxy) is 1. The summed E-state index contributed by atoms with van der Waals surface area (Å²) in [6.45, 7) is 6.78. The molecule has 0 radical (unpaired) electrons. The van der Waals surface area contributed by atoms with E-state index in [4.69, 9.17) is 5.11 Å². The molecule has 0 bridgehead atoms. The molecule has 0 unspecified atom stereocenters. The molecule has 1 rings (SSSR count). The lowest BCUT2D eigenvalue weighted by Crippen LogP contribution is -1.73. The van der Waals surface area contributed by atoms with Gasteiger partial charge in [0.05, 0.1) is 4.47 Å². The van der Waals surface area contributed by atoms with Gasteiger partial charge in [0.2, 0.25) is 0 Å². The summed E-state index contributed by atoms with van der Waals surface area (Å²) in [7, 11) is 1.68. The normalized spacial score (nSPS) is 7.79. The molecule has 14 heavy (non-hydrogen) atoms. The average molecular weight is 263 g/mol. The van der Waals surface area contributed by atoms with Crippen molar-refractivity contribution in [3.63, 3.8) is 0 Å². The van der Waals surface area contributed by atoms with Crippen molar-refractivity contribution in [1.29, 1.82) is 0 Å². The second-order valence-electron chi connectivity index (χ2n) is 2.03. The summed E-state index contributed by atoms with van der Waals surface area (Å²) in [4.78, 5) is 0. The van der Waals surface area contributed by atoms with Crippen molar-refractivity contribution < 1.29 is 9.84 Å². The number of methoxy groups -OCH3 is 1. The largest absolute Gasteiger partial charge is 0.507 e. The first-order valence-corrected chi connectivity index (χ1v) is 5.44. The molecule has 1 N–H and O–H groups in total. The molecule has 2 nitrogen and oxygen atoms in total. The van der Waals surface area contributed by atoms with E-state index in [1.807, 2.05) is 26.8 Å². The first-order valence-electron chi connectivity index (χ1n) is 4.64. The standard InChI is InChI=1S/C6H5BrO.C3H8O.C2H6/c7-5-3-1-2-4-6(5)8;1-3-4-2;1-2/h1-4,8H;3H2,1-2H3;1-2H3. The van der Waals surface area contributed by atoms with Crippen LogP contribution in [-0.4, -0.2) is 18.8 Å². The van der Waals surface area contributed by atoms with E-state index in [-0.39, 0.29) is 5.75 Å². The van der Waals surface area contributed by atoms with E-state index in [9.17, 15) is 0 Å². The highest BCUT2D eigenvalue weighted by Gasteiger charge is 1.89. The van der Waals surface area contributed by atoms with Gasteiger partial charge in [-0.15, -0.1) is 0 Å². The quantitative estimate of drug-likeness (QED) is 0.834. The average Bonchev–Trinajstić information content (AvgIpc) is 2.26. The van der Waals surface area contributed by atoms with E-state index in [0.717, 1.165) is 11.1 Å². The molecule has 0 aliphatic heterocycles. The summed E-state index contributed by atoms with van der Waals surface area (Å²) >= 11 is 3.15. The first kappa shape index (κ1) is 15.9. The summed E-state index contributed by atoms with van der Waals surface area (Å²) < 4.78 is 5.28. The van der Waals surface area contributed by atoms with Crippen molar-refractivity contribution in [2.24, 2.45) is 0 Å². The van der Waals surface area contributed by atoms with Gasteiger partial charge >= 0.3 is 0 Å². The molecule has 0 saturated heterocycles. The Balaban J connectivity index is 0. The molecule has 1 aromatic rings. The summed E-state index contributed by atoms with van der Waals surface area (Å²) in [6, 6.07) is 7.04. The zero-order chi connectivity index (χ0) is 11.4. The van der Waals surface area contributed by atoms with E-state index in [1.54, 1.807) is 25.3 Å². The minimum Gasteiger partial charge on any atom is -0.507 e. The number of benzene rings is 1. The molecule has 0 spiro atoms. The van der Waals surface area contributed by atoms with Gasteiger partial charge < -0.3 is 9.84 Å². The lowest BCUT2D eigenvalue weighted by atomic mass is 10.3.